The van der Waals surface area contributed by atoms with Crippen molar-refractivity contribution in [3.8, 4) is 0 Å². The zero-order valence-corrected chi connectivity index (χ0v) is 10.1. The van der Waals surface area contributed by atoms with E-state index in [1.807, 2.05) is 0 Å². The Morgan fingerprint density at radius 1 is 1.24 bits per heavy atom. The van der Waals surface area contributed by atoms with Crippen LogP contribution in [0.3, 0.4) is 0 Å². The Hall–Kier alpha value is -0.530. The third kappa shape index (κ3) is 3.02. The number of aryl methyl sites for hydroxylation is 1. The zero-order valence-electron chi connectivity index (χ0n) is 8.33. The Bertz CT molecular complexity index is 439. The first-order valence-electron chi connectivity index (χ1n) is 4.30. The Morgan fingerprint density at radius 3 is 2.12 bits per heavy atom. The van der Waals surface area contributed by atoms with E-state index in [-0.39, 0.29) is 6.54 Å². The molecule has 11 heteroatoms. The molecule has 0 saturated carbocycles. The van der Waals surface area contributed by atoms with Crippen molar-refractivity contribution in [2.75, 3.05) is 0 Å². The monoisotopic (exact) mass is 282 g/mol. The van der Waals surface area contributed by atoms with Gasteiger partial charge in [-0.3, -0.25) is 0 Å². The first-order chi connectivity index (χ1) is 7.58. The number of hydrogen-bond acceptors (Lipinski definition) is 8. The van der Waals surface area contributed by atoms with E-state index in [1.54, 1.807) is 0 Å². The molecule has 98 valence electrons. The molecule has 9 nitrogen and oxygen atoms in total. The maximum absolute atomic E-state index is 10.7. The second-order valence-corrected chi connectivity index (χ2v) is 7.14. The van der Waals surface area contributed by atoms with Crippen LogP contribution < -0.4 is 19.6 Å². The standard InChI is InChI=1S/C6H12N2O7P2/c9-6(16(10,11)12,17(13,14)15)1-3-8-4-2-7-5-8/h2,4-5,9H,1,3H2,(H2,10,11,12)(H2,13,14,15)/p-4. The van der Waals surface area contributed by atoms with Gasteiger partial charge in [0, 0.05) is 25.4 Å². The molecule has 0 amide bonds. The summed E-state index contributed by atoms with van der Waals surface area (Å²) in [6.45, 7) is -0.348. The van der Waals surface area contributed by atoms with Crippen LogP contribution in [0.1, 0.15) is 6.42 Å². The third-order valence-electron chi connectivity index (χ3n) is 2.14. The minimum Gasteiger partial charge on any atom is -0.808 e. The van der Waals surface area contributed by atoms with E-state index in [1.165, 1.54) is 23.3 Å². The molecule has 0 bridgehead atoms. The Morgan fingerprint density at radius 2 is 1.76 bits per heavy atom. The molecule has 0 aliphatic heterocycles. The van der Waals surface area contributed by atoms with Gasteiger partial charge in [-0.05, 0) is 15.2 Å². The average Bonchev–Trinajstić information content (AvgIpc) is 2.62. The topological polar surface area (TPSA) is 164 Å². The van der Waals surface area contributed by atoms with E-state index < -0.39 is 26.7 Å². The molecule has 17 heavy (non-hydrogen) atoms. The molecule has 0 unspecified atom stereocenters. The summed E-state index contributed by atoms with van der Waals surface area (Å²) in [5, 5.41) is 5.46. The molecule has 0 saturated heterocycles. The lowest BCUT2D eigenvalue weighted by Crippen LogP contribution is -2.46. The van der Waals surface area contributed by atoms with Gasteiger partial charge < -0.3 is 38.4 Å². The highest BCUT2D eigenvalue weighted by Crippen LogP contribution is 2.60. The largest absolute Gasteiger partial charge is 0.808 e. The van der Waals surface area contributed by atoms with Crippen LogP contribution >= 0.6 is 15.2 Å². The van der Waals surface area contributed by atoms with Gasteiger partial charge in [0.15, 0.2) is 0 Å². The molecule has 1 heterocycles. The lowest BCUT2D eigenvalue weighted by Gasteiger charge is -2.56. The molecular formula is C6H8N2O7P2-4. The number of nitrogens with zero attached hydrogens (tertiary/aromatic N) is 2. The Balaban J connectivity index is 2.94. The molecule has 0 radical (unpaired) electrons. The van der Waals surface area contributed by atoms with Crippen LogP contribution in [0.4, 0.5) is 0 Å². The van der Waals surface area contributed by atoms with Crippen LogP contribution in [0.2, 0.25) is 0 Å². The van der Waals surface area contributed by atoms with Crippen molar-refractivity contribution >= 4 is 15.2 Å². The summed E-state index contributed by atoms with van der Waals surface area (Å²) in [4.78, 5) is 46.3. The number of imidazole rings is 1. The van der Waals surface area contributed by atoms with E-state index in [4.69, 9.17) is 0 Å². The molecule has 0 aromatic carbocycles. The number of aliphatic hydroxyl groups is 1. The predicted octanol–water partition coefficient (Wildman–Crippen LogP) is -3.25. The van der Waals surface area contributed by atoms with Crippen molar-refractivity contribution in [1.29, 1.82) is 0 Å². The van der Waals surface area contributed by atoms with Crippen molar-refractivity contribution in [2.45, 2.75) is 18.0 Å². The highest BCUT2D eigenvalue weighted by Gasteiger charge is 2.35. The molecule has 0 spiro atoms. The Labute approximate surface area is 96.1 Å². The van der Waals surface area contributed by atoms with E-state index in [0.717, 1.165) is 0 Å². The molecule has 0 aliphatic rings. The van der Waals surface area contributed by atoms with Crippen molar-refractivity contribution in [3.05, 3.63) is 18.7 Å². The van der Waals surface area contributed by atoms with Gasteiger partial charge in [0.1, 0.15) is 5.08 Å². The summed E-state index contributed by atoms with van der Waals surface area (Å²) in [6, 6.07) is 0. The number of aromatic nitrogens is 2. The van der Waals surface area contributed by atoms with Gasteiger partial charge in [0.25, 0.3) is 0 Å². The normalized spacial score (nSPS) is 13.9. The molecule has 0 aliphatic carbocycles. The van der Waals surface area contributed by atoms with Crippen LogP contribution in [0.25, 0.3) is 0 Å². The SMILES string of the molecule is O=P([O-])([O-])C(O)(CCn1ccnc1)P(=O)([O-])[O-]. The lowest BCUT2D eigenvalue weighted by molar-refractivity contribution is -0.349. The van der Waals surface area contributed by atoms with Crippen molar-refractivity contribution in [1.82, 2.24) is 9.55 Å². The third-order valence-corrected chi connectivity index (χ3v) is 5.81. The fourth-order valence-corrected chi connectivity index (χ4v) is 3.07. The van der Waals surface area contributed by atoms with Gasteiger partial charge in [0.05, 0.1) is 6.33 Å². The highest BCUT2D eigenvalue weighted by atomic mass is 31.2. The van der Waals surface area contributed by atoms with E-state index in [2.05, 4.69) is 4.98 Å². The summed E-state index contributed by atoms with van der Waals surface area (Å²) in [5.41, 5.74) is 0. The van der Waals surface area contributed by atoms with E-state index >= 15 is 0 Å². The van der Waals surface area contributed by atoms with Gasteiger partial charge in [0.2, 0.25) is 0 Å². The maximum atomic E-state index is 10.7. The summed E-state index contributed by atoms with van der Waals surface area (Å²) in [6.07, 6.45) is 2.84. The zero-order chi connectivity index (χ0) is 13.3. The minimum absolute atomic E-state index is 0.348. The lowest BCUT2D eigenvalue weighted by atomic mass is 10.4. The quantitative estimate of drug-likeness (QED) is 0.549. The summed E-state index contributed by atoms with van der Waals surface area (Å²) < 4.78 is 22.6. The highest BCUT2D eigenvalue weighted by molar-refractivity contribution is 7.69. The molecule has 1 aromatic rings. The summed E-state index contributed by atoms with van der Waals surface area (Å²) in [5.74, 6) is 0. The number of rotatable bonds is 5. The second kappa shape index (κ2) is 4.62. The van der Waals surface area contributed by atoms with Crippen LogP contribution in [-0.2, 0) is 15.7 Å². The molecular weight excluding hydrogens is 274 g/mol. The van der Waals surface area contributed by atoms with Crippen LogP contribution in [0.5, 0.6) is 0 Å². The fourth-order valence-electron chi connectivity index (χ4n) is 1.12. The van der Waals surface area contributed by atoms with Crippen LogP contribution in [0, 0.1) is 0 Å². The van der Waals surface area contributed by atoms with Crippen molar-refractivity contribution in [2.24, 2.45) is 0 Å². The summed E-state index contributed by atoms with van der Waals surface area (Å²) in [7, 11) is -12.0. The van der Waals surface area contributed by atoms with E-state index in [0.29, 0.717) is 0 Å². The first kappa shape index (κ1) is 14.5. The van der Waals surface area contributed by atoms with E-state index in [9.17, 15) is 33.8 Å². The molecule has 1 rings (SSSR count). The van der Waals surface area contributed by atoms with Gasteiger partial charge in [-0.2, -0.15) is 0 Å². The summed E-state index contributed by atoms with van der Waals surface area (Å²) >= 11 is 0. The maximum Gasteiger partial charge on any atom is 0.119 e. The molecule has 1 N–H and O–H groups in total. The molecule has 0 fully saturated rings. The second-order valence-electron chi connectivity index (χ2n) is 3.32. The van der Waals surface area contributed by atoms with Gasteiger partial charge in [-0.15, -0.1) is 0 Å². The number of hydrogen-bond donors (Lipinski definition) is 1. The van der Waals surface area contributed by atoms with Crippen molar-refractivity contribution in [3.63, 3.8) is 0 Å². The van der Waals surface area contributed by atoms with Gasteiger partial charge in [-0.25, -0.2) is 4.98 Å². The minimum atomic E-state index is -5.99. The molecule has 0 atom stereocenters. The van der Waals surface area contributed by atoms with Crippen LogP contribution in [0.15, 0.2) is 18.7 Å². The fraction of sp³-hybridized carbons (Fsp3) is 0.500. The smallest absolute Gasteiger partial charge is 0.119 e. The van der Waals surface area contributed by atoms with Crippen LogP contribution in [-0.4, -0.2) is 19.7 Å². The van der Waals surface area contributed by atoms with Gasteiger partial charge >= 0.3 is 0 Å². The molecule has 1 aromatic heterocycles. The average molecular weight is 282 g/mol. The Kier molecular flexibility index (Phi) is 3.95. The van der Waals surface area contributed by atoms with Gasteiger partial charge in [-0.1, -0.05) is 0 Å². The van der Waals surface area contributed by atoms with Crippen molar-refractivity contribution < 1.29 is 33.8 Å². The predicted molar refractivity (Wildman–Crippen MR) is 47.0 cm³/mol. The first-order valence-corrected chi connectivity index (χ1v) is 7.39.